The second kappa shape index (κ2) is 5.33. The summed E-state index contributed by atoms with van der Waals surface area (Å²) in [6.07, 6.45) is 0. The maximum atomic E-state index is 12.1. The predicted octanol–water partition coefficient (Wildman–Crippen LogP) is 2.96. The van der Waals surface area contributed by atoms with Crippen LogP contribution in [0.1, 0.15) is 29.8 Å². The normalized spacial score (nSPS) is 10.8. The van der Waals surface area contributed by atoms with Crippen LogP contribution < -0.4 is 0 Å². The quantitative estimate of drug-likeness (QED) is 0.805. The average molecular weight is 295 g/mol. The van der Waals surface area contributed by atoms with E-state index in [9.17, 15) is 4.79 Å². The van der Waals surface area contributed by atoms with Gasteiger partial charge in [-0.15, -0.1) is 0 Å². The van der Waals surface area contributed by atoms with E-state index in [2.05, 4.69) is 22.0 Å². The third-order valence-electron chi connectivity index (χ3n) is 2.77. The lowest BCUT2D eigenvalue weighted by Gasteiger charge is -2.29. The lowest BCUT2D eigenvalue weighted by atomic mass is 10.0. The standard InChI is InChI=1S/C13H15BrN2O/c1-13(2,9-15)16(3)12(17)11-6-4-10(8-14)5-7-11/h4-7H,8H2,1-3H3. The molecule has 0 radical (unpaired) electrons. The van der Waals surface area contributed by atoms with Crippen molar-refractivity contribution in [1.29, 1.82) is 5.26 Å². The molecule has 0 atom stereocenters. The molecule has 0 spiro atoms. The monoisotopic (exact) mass is 294 g/mol. The number of carbonyl (C=O) groups is 1. The number of alkyl halides is 1. The van der Waals surface area contributed by atoms with Crippen LogP contribution in [-0.4, -0.2) is 23.4 Å². The highest BCUT2D eigenvalue weighted by molar-refractivity contribution is 9.08. The van der Waals surface area contributed by atoms with Crippen molar-refractivity contribution in [2.45, 2.75) is 24.7 Å². The fourth-order valence-electron chi connectivity index (χ4n) is 1.26. The summed E-state index contributed by atoms with van der Waals surface area (Å²) >= 11 is 3.35. The predicted molar refractivity (Wildman–Crippen MR) is 70.9 cm³/mol. The van der Waals surface area contributed by atoms with Crippen LogP contribution in [0.3, 0.4) is 0 Å². The first-order chi connectivity index (χ1) is 7.92. The van der Waals surface area contributed by atoms with Crippen LogP contribution in [0.4, 0.5) is 0 Å². The van der Waals surface area contributed by atoms with E-state index in [4.69, 9.17) is 5.26 Å². The fraction of sp³-hybridized carbons (Fsp3) is 0.385. The molecule has 0 saturated heterocycles. The summed E-state index contributed by atoms with van der Waals surface area (Å²) in [5.41, 5.74) is 0.912. The minimum absolute atomic E-state index is 0.141. The first-order valence-corrected chi connectivity index (χ1v) is 6.39. The van der Waals surface area contributed by atoms with Crippen LogP contribution >= 0.6 is 15.9 Å². The van der Waals surface area contributed by atoms with Crippen LogP contribution in [0, 0.1) is 11.3 Å². The molecular weight excluding hydrogens is 280 g/mol. The summed E-state index contributed by atoms with van der Waals surface area (Å²) in [4.78, 5) is 13.6. The second-order valence-electron chi connectivity index (χ2n) is 4.37. The average Bonchev–Trinajstić information content (AvgIpc) is 2.37. The summed E-state index contributed by atoms with van der Waals surface area (Å²) in [5.74, 6) is -0.141. The first-order valence-electron chi connectivity index (χ1n) is 5.26. The zero-order valence-corrected chi connectivity index (χ0v) is 11.8. The molecule has 0 saturated carbocycles. The Morgan fingerprint density at radius 2 is 1.94 bits per heavy atom. The van der Waals surface area contributed by atoms with Crippen molar-refractivity contribution in [3.8, 4) is 6.07 Å². The van der Waals surface area contributed by atoms with E-state index < -0.39 is 5.54 Å². The fourth-order valence-corrected chi connectivity index (χ4v) is 1.63. The smallest absolute Gasteiger partial charge is 0.254 e. The Kier molecular flexibility index (Phi) is 4.30. The van der Waals surface area contributed by atoms with Gasteiger partial charge in [-0.05, 0) is 31.5 Å². The second-order valence-corrected chi connectivity index (χ2v) is 4.93. The van der Waals surface area contributed by atoms with E-state index in [0.29, 0.717) is 5.56 Å². The molecule has 90 valence electrons. The van der Waals surface area contributed by atoms with E-state index in [-0.39, 0.29) is 5.91 Å². The van der Waals surface area contributed by atoms with Crippen molar-refractivity contribution in [3.05, 3.63) is 35.4 Å². The number of benzene rings is 1. The summed E-state index contributed by atoms with van der Waals surface area (Å²) in [5, 5.41) is 9.76. The van der Waals surface area contributed by atoms with Gasteiger partial charge in [0.15, 0.2) is 0 Å². The van der Waals surface area contributed by atoms with Crippen molar-refractivity contribution < 1.29 is 4.79 Å². The summed E-state index contributed by atoms with van der Waals surface area (Å²) in [7, 11) is 1.64. The molecule has 1 aromatic rings. The van der Waals surface area contributed by atoms with Gasteiger partial charge in [0, 0.05) is 17.9 Å². The lowest BCUT2D eigenvalue weighted by Crippen LogP contribution is -2.43. The highest BCUT2D eigenvalue weighted by Crippen LogP contribution is 2.16. The van der Waals surface area contributed by atoms with Crippen molar-refractivity contribution >= 4 is 21.8 Å². The van der Waals surface area contributed by atoms with E-state index in [0.717, 1.165) is 10.9 Å². The van der Waals surface area contributed by atoms with Gasteiger partial charge in [-0.1, -0.05) is 28.1 Å². The number of hydrogen-bond donors (Lipinski definition) is 0. The summed E-state index contributed by atoms with van der Waals surface area (Å²) < 4.78 is 0. The molecule has 0 bridgehead atoms. The van der Waals surface area contributed by atoms with E-state index in [1.807, 2.05) is 12.1 Å². The number of carbonyl (C=O) groups excluding carboxylic acids is 1. The van der Waals surface area contributed by atoms with Gasteiger partial charge in [0.2, 0.25) is 0 Å². The highest BCUT2D eigenvalue weighted by atomic mass is 79.9. The Morgan fingerprint density at radius 3 is 2.35 bits per heavy atom. The van der Waals surface area contributed by atoms with Gasteiger partial charge in [-0.3, -0.25) is 4.79 Å². The number of hydrogen-bond acceptors (Lipinski definition) is 2. The van der Waals surface area contributed by atoms with Gasteiger partial charge in [-0.2, -0.15) is 5.26 Å². The third kappa shape index (κ3) is 3.07. The Hall–Kier alpha value is -1.34. The topological polar surface area (TPSA) is 44.1 Å². The maximum Gasteiger partial charge on any atom is 0.254 e. The third-order valence-corrected chi connectivity index (χ3v) is 3.42. The molecular formula is C13H15BrN2O. The van der Waals surface area contributed by atoms with Crippen molar-refractivity contribution in [3.63, 3.8) is 0 Å². The van der Waals surface area contributed by atoms with E-state index in [1.165, 1.54) is 4.90 Å². The molecule has 0 aliphatic carbocycles. The molecule has 3 nitrogen and oxygen atoms in total. The van der Waals surface area contributed by atoms with Gasteiger partial charge in [0.25, 0.3) is 5.91 Å². The van der Waals surface area contributed by atoms with Crippen LogP contribution in [0.2, 0.25) is 0 Å². The van der Waals surface area contributed by atoms with Crippen molar-refractivity contribution in [2.24, 2.45) is 0 Å². The molecule has 1 amide bonds. The van der Waals surface area contributed by atoms with Crippen LogP contribution in [0.25, 0.3) is 0 Å². The number of nitrogens with zero attached hydrogens (tertiary/aromatic N) is 2. The molecule has 4 heteroatoms. The maximum absolute atomic E-state index is 12.1. The van der Waals surface area contributed by atoms with Gasteiger partial charge in [-0.25, -0.2) is 0 Å². The van der Waals surface area contributed by atoms with Gasteiger partial charge >= 0.3 is 0 Å². The molecule has 0 aliphatic heterocycles. The number of nitriles is 1. The van der Waals surface area contributed by atoms with Gasteiger partial charge in [0.05, 0.1) is 6.07 Å². The molecule has 1 aromatic carbocycles. The van der Waals surface area contributed by atoms with Gasteiger partial charge < -0.3 is 4.90 Å². The molecule has 0 aromatic heterocycles. The number of amides is 1. The molecule has 17 heavy (non-hydrogen) atoms. The molecule has 0 heterocycles. The highest BCUT2D eigenvalue weighted by Gasteiger charge is 2.27. The Bertz CT molecular complexity index is 445. The zero-order valence-electron chi connectivity index (χ0n) is 10.2. The summed E-state index contributed by atoms with van der Waals surface area (Å²) in [6.45, 7) is 3.44. The Balaban J connectivity index is 2.94. The number of halogens is 1. The SMILES string of the molecule is CN(C(=O)c1ccc(CBr)cc1)C(C)(C)C#N. The zero-order chi connectivity index (χ0) is 13.1. The molecule has 0 fully saturated rings. The van der Waals surface area contributed by atoms with Crippen molar-refractivity contribution in [2.75, 3.05) is 7.05 Å². The van der Waals surface area contributed by atoms with Crippen LogP contribution in [0.5, 0.6) is 0 Å². The summed E-state index contributed by atoms with van der Waals surface area (Å²) in [6, 6.07) is 9.47. The van der Waals surface area contributed by atoms with E-state index in [1.54, 1.807) is 33.0 Å². The molecule has 0 aliphatic rings. The van der Waals surface area contributed by atoms with Crippen molar-refractivity contribution in [1.82, 2.24) is 4.90 Å². The lowest BCUT2D eigenvalue weighted by molar-refractivity contribution is 0.0698. The Labute approximate surface area is 110 Å². The molecule has 0 unspecified atom stereocenters. The Morgan fingerprint density at radius 1 is 1.41 bits per heavy atom. The minimum Gasteiger partial charge on any atom is -0.324 e. The van der Waals surface area contributed by atoms with Crippen LogP contribution in [0.15, 0.2) is 24.3 Å². The largest absolute Gasteiger partial charge is 0.324 e. The molecule has 0 N–H and O–H groups in total. The van der Waals surface area contributed by atoms with E-state index >= 15 is 0 Å². The van der Waals surface area contributed by atoms with Crippen LogP contribution in [-0.2, 0) is 5.33 Å². The van der Waals surface area contributed by atoms with Gasteiger partial charge in [0.1, 0.15) is 5.54 Å². The number of rotatable bonds is 3. The minimum atomic E-state index is -0.800. The first kappa shape index (κ1) is 13.7. The molecule has 1 rings (SSSR count).